The monoisotopic (exact) mass is 427 g/mol. The lowest BCUT2D eigenvalue weighted by molar-refractivity contribution is -0.124. The van der Waals surface area contributed by atoms with Gasteiger partial charge in [-0.2, -0.15) is 8.42 Å². The summed E-state index contributed by atoms with van der Waals surface area (Å²) >= 11 is 6.26. The van der Waals surface area contributed by atoms with Gasteiger partial charge >= 0.3 is 5.97 Å². The Morgan fingerprint density at radius 2 is 2.07 bits per heavy atom. The Balaban J connectivity index is 1.88. The zero-order chi connectivity index (χ0) is 20.3. The average molecular weight is 428 g/mol. The number of rotatable bonds is 5. The lowest BCUT2D eigenvalue weighted by Gasteiger charge is -2.30. The number of amidine groups is 1. The molecule has 0 aromatic heterocycles. The first-order chi connectivity index (χ1) is 13.3. The van der Waals surface area contributed by atoms with Crippen LogP contribution in [-0.4, -0.2) is 45.8 Å². The van der Waals surface area contributed by atoms with Crippen LogP contribution in [0.5, 0.6) is 0 Å². The molecule has 0 radical (unpaired) electrons. The van der Waals surface area contributed by atoms with Crippen molar-refractivity contribution in [1.82, 2.24) is 5.32 Å². The molecule has 2 heterocycles. The van der Waals surface area contributed by atoms with Gasteiger partial charge in [-0.15, -0.1) is 4.40 Å². The van der Waals surface area contributed by atoms with Crippen molar-refractivity contribution in [2.24, 2.45) is 4.40 Å². The molecule has 0 aliphatic carbocycles. The molecule has 1 aromatic rings. The minimum absolute atomic E-state index is 0.0680. The summed E-state index contributed by atoms with van der Waals surface area (Å²) in [5, 5.41) is 2.65. The third kappa shape index (κ3) is 4.30. The van der Waals surface area contributed by atoms with Crippen LogP contribution in [0.3, 0.4) is 0 Å². The molecule has 8 nitrogen and oxygen atoms in total. The van der Waals surface area contributed by atoms with Crippen molar-refractivity contribution in [1.29, 1.82) is 0 Å². The van der Waals surface area contributed by atoms with Gasteiger partial charge in [-0.05, 0) is 31.4 Å². The Morgan fingerprint density at radius 1 is 1.29 bits per heavy atom. The number of halogens is 1. The number of nitrogens with zero attached hydrogens (tertiary/aromatic N) is 2. The van der Waals surface area contributed by atoms with E-state index in [-0.39, 0.29) is 15.5 Å². The van der Waals surface area contributed by atoms with Gasteiger partial charge in [-0.3, -0.25) is 4.79 Å². The molecule has 1 N–H and O–H groups in total. The van der Waals surface area contributed by atoms with Crippen LogP contribution < -0.4 is 10.2 Å². The maximum Gasteiger partial charge on any atom is 0.340 e. The second-order valence-electron chi connectivity index (χ2n) is 6.67. The second-order valence-corrected chi connectivity index (χ2v) is 8.65. The molecule has 152 valence electrons. The number of sulfonamides is 1. The van der Waals surface area contributed by atoms with Gasteiger partial charge in [0.25, 0.3) is 15.9 Å². The van der Waals surface area contributed by atoms with Crippen LogP contribution in [-0.2, 0) is 19.6 Å². The van der Waals surface area contributed by atoms with Crippen molar-refractivity contribution < 1.29 is 22.7 Å². The van der Waals surface area contributed by atoms with Crippen LogP contribution in [0.15, 0.2) is 21.4 Å². The maximum atomic E-state index is 12.6. The summed E-state index contributed by atoms with van der Waals surface area (Å²) < 4.78 is 34.2. The third-order valence-electron chi connectivity index (χ3n) is 4.56. The van der Waals surface area contributed by atoms with E-state index in [0.29, 0.717) is 31.0 Å². The number of nitrogens with one attached hydrogen (secondary N) is 1. The van der Waals surface area contributed by atoms with Crippen molar-refractivity contribution in [3.63, 3.8) is 0 Å². The molecule has 1 amide bonds. The normalized spacial score (nSPS) is 17.6. The molecule has 3 rings (SSSR count). The fraction of sp³-hybridized carbons (Fsp3) is 0.500. The Labute approximate surface area is 169 Å². The highest BCUT2D eigenvalue weighted by atomic mass is 35.5. The topological polar surface area (TPSA) is 105 Å². The number of hydrogen-bond acceptors (Lipinski definition) is 6. The first-order valence-electron chi connectivity index (χ1n) is 9.22. The third-order valence-corrected chi connectivity index (χ3v) is 6.21. The van der Waals surface area contributed by atoms with Crippen molar-refractivity contribution in [3.8, 4) is 0 Å². The quantitative estimate of drug-likeness (QED) is 0.724. The van der Waals surface area contributed by atoms with Gasteiger partial charge < -0.3 is 15.0 Å². The lowest BCUT2D eigenvalue weighted by Crippen LogP contribution is -2.35. The van der Waals surface area contributed by atoms with E-state index in [1.807, 2.05) is 11.8 Å². The molecule has 10 heteroatoms. The van der Waals surface area contributed by atoms with Gasteiger partial charge in [0.15, 0.2) is 6.61 Å². The number of anilines is 1. The number of fused-ring (bicyclic) bond motifs is 3. The smallest absolute Gasteiger partial charge is 0.340 e. The number of hydrogen-bond donors (Lipinski definition) is 1. The van der Waals surface area contributed by atoms with E-state index in [1.54, 1.807) is 0 Å². The van der Waals surface area contributed by atoms with Gasteiger partial charge in [0.05, 0.1) is 16.3 Å². The molecule has 1 fully saturated rings. The number of benzene rings is 1. The highest BCUT2D eigenvalue weighted by Gasteiger charge is 2.33. The molecule has 0 atom stereocenters. The van der Waals surface area contributed by atoms with E-state index in [9.17, 15) is 18.0 Å². The van der Waals surface area contributed by atoms with E-state index in [0.717, 1.165) is 25.7 Å². The molecule has 0 saturated carbocycles. The van der Waals surface area contributed by atoms with Gasteiger partial charge in [-0.25, -0.2) is 4.79 Å². The molecule has 1 aromatic carbocycles. The summed E-state index contributed by atoms with van der Waals surface area (Å²) in [5.74, 6) is -0.792. The van der Waals surface area contributed by atoms with Crippen molar-refractivity contribution in [3.05, 3.63) is 22.7 Å². The predicted octanol–water partition coefficient (Wildman–Crippen LogP) is 2.50. The number of esters is 1. The SMILES string of the molecule is CCCNC(=O)COC(=O)c1cc2c(cc1Cl)N1CCCCCC1=NS2(=O)=O. The predicted molar refractivity (Wildman–Crippen MR) is 105 cm³/mol. The van der Waals surface area contributed by atoms with Crippen LogP contribution in [0.25, 0.3) is 0 Å². The van der Waals surface area contributed by atoms with E-state index in [1.165, 1.54) is 12.1 Å². The Bertz CT molecular complexity index is 929. The Kier molecular flexibility index (Phi) is 6.24. The van der Waals surface area contributed by atoms with Crippen LogP contribution in [0.2, 0.25) is 5.02 Å². The fourth-order valence-corrected chi connectivity index (χ4v) is 4.68. The Hall–Kier alpha value is -2.13. The maximum absolute atomic E-state index is 12.6. The summed E-state index contributed by atoms with van der Waals surface area (Å²) in [6.45, 7) is 2.55. The van der Waals surface area contributed by atoms with Crippen LogP contribution in [0.4, 0.5) is 5.69 Å². The van der Waals surface area contributed by atoms with Crippen molar-refractivity contribution in [2.75, 3.05) is 24.6 Å². The van der Waals surface area contributed by atoms with Gasteiger partial charge in [-0.1, -0.05) is 24.9 Å². The summed E-state index contributed by atoms with van der Waals surface area (Å²) in [5.41, 5.74) is 0.315. The second kappa shape index (κ2) is 8.48. The number of amides is 1. The molecule has 0 bridgehead atoms. The molecule has 2 aliphatic rings. The number of ether oxygens (including phenoxy) is 1. The molecule has 28 heavy (non-hydrogen) atoms. The first kappa shape index (κ1) is 20.6. The zero-order valence-electron chi connectivity index (χ0n) is 15.5. The highest BCUT2D eigenvalue weighted by Crippen LogP contribution is 2.38. The molecule has 1 saturated heterocycles. The summed E-state index contributed by atoms with van der Waals surface area (Å²) in [7, 11) is -3.94. The molecular formula is C18H22ClN3O5S. The number of carbonyl (C=O) groups is 2. The highest BCUT2D eigenvalue weighted by molar-refractivity contribution is 7.90. The summed E-state index contributed by atoms with van der Waals surface area (Å²) in [4.78, 5) is 25.7. The van der Waals surface area contributed by atoms with E-state index in [2.05, 4.69) is 9.71 Å². The van der Waals surface area contributed by atoms with Crippen molar-refractivity contribution >= 4 is 45.0 Å². The molecular weight excluding hydrogens is 406 g/mol. The summed E-state index contributed by atoms with van der Waals surface area (Å²) in [6, 6.07) is 2.65. The van der Waals surface area contributed by atoms with Gasteiger partial charge in [0.1, 0.15) is 10.7 Å². The molecule has 0 spiro atoms. The fourth-order valence-electron chi connectivity index (χ4n) is 3.18. The first-order valence-corrected chi connectivity index (χ1v) is 11.0. The average Bonchev–Trinajstić information content (AvgIpc) is 2.88. The Morgan fingerprint density at radius 3 is 2.82 bits per heavy atom. The summed E-state index contributed by atoms with van der Waals surface area (Å²) in [6.07, 6.45) is 4.11. The minimum Gasteiger partial charge on any atom is -0.452 e. The van der Waals surface area contributed by atoms with E-state index >= 15 is 0 Å². The zero-order valence-corrected chi connectivity index (χ0v) is 17.1. The van der Waals surface area contributed by atoms with Gasteiger partial charge in [0, 0.05) is 19.5 Å². The van der Waals surface area contributed by atoms with Crippen LogP contribution >= 0.6 is 11.6 Å². The van der Waals surface area contributed by atoms with E-state index < -0.39 is 28.5 Å². The number of carbonyl (C=O) groups excluding carboxylic acids is 2. The van der Waals surface area contributed by atoms with Crippen molar-refractivity contribution in [2.45, 2.75) is 43.9 Å². The minimum atomic E-state index is -3.94. The molecule has 0 unspecified atom stereocenters. The van der Waals surface area contributed by atoms with Gasteiger partial charge in [0.2, 0.25) is 0 Å². The van der Waals surface area contributed by atoms with E-state index in [4.69, 9.17) is 16.3 Å². The lowest BCUT2D eigenvalue weighted by atomic mass is 10.1. The van der Waals surface area contributed by atoms with Crippen LogP contribution in [0.1, 0.15) is 49.4 Å². The van der Waals surface area contributed by atoms with Crippen LogP contribution in [0, 0.1) is 0 Å². The molecule has 2 aliphatic heterocycles. The standard InChI is InChI=1S/C18H22ClN3O5S/c1-2-7-20-17(23)11-27-18(24)12-9-15-14(10-13(12)19)22-8-5-3-4-6-16(22)21-28(15,25)26/h9-10H,2-8,11H2,1H3,(H,20,23). The largest absolute Gasteiger partial charge is 0.452 e.